The van der Waals surface area contributed by atoms with E-state index in [0.717, 1.165) is 30.4 Å². The van der Waals surface area contributed by atoms with Crippen LogP contribution in [0.3, 0.4) is 0 Å². The van der Waals surface area contributed by atoms with E-state index in [1.54, 1.807) is 6.92 Å². The van der Waals surface area contributed by atoms with Gasteiger partial charge in [0, 0.05) is 19.0 Å². The molecule has 7 nitrogen and oxygen atoms in total. The lowest BCUT2D eigenvalue weighted by atomic mass is 9.75. The average Bonchev–Trinajstić information content (AvgIpc) is 3.12. The fraction of sp³-hybridized carbons (Fsp3) is 0.444. The van der Waals surface area contributed by atoms with Crippen LogP contribution in [0.25, 0.3) is 11.1 Å². The molecule has 2 aliphatic rings. The van der Waals surface area contributed by atoms with Crippen molar-refractivity contribution in [2.45, 2.75) is 38.5 Å². The van der Waals surface area contributed by atoms with Crippen molar-refractivity contribution in [1.82, 2.24) is 10.6 Å². The fourth-order valence-electron chi connectivity index (χ4n) is 4.82. The summed E-state index contributed by atoms with van der Waals surface area (Å²) < 4.78 is 5.59. The molecule has 0 spiro atoms. The molecule has 2 unspecified atom stereocenters. The number of hydrogen-bond donors (Lipinski definition) is 3. The molecule has 1 fully saturated rings. The predicted molar refractivity (Wildman–Crippen MR) is 128 cm³/mol. The number of carbonyl (C=O) groups excluding carboxylic acids is 2. The molecule has 180 valence electrons. The van der Waals surface area contributed by atoms with Crippen molar-refractivity contribution in [2.24, 2.45) is 17.8 Å². The number of hydrogen-bond acceptors (Lipinski definition) is 4. The highest BCUT2D eigenvalue weighted by atomic mass is 16.5. The standard InChI is InChI=1S/C27H32N2O5/c1-17(26(31)32)13-14-28-25(30)23(18-7-6-8-18)15-29-27(33)34-16-24-21-11-4-2-9-19(21)20-10-3-5-12-22(20)24/h2-5,9-12,17-18,23-24H,6-8,13-16H2,1H3,(H,28,30)(H,29,33)(H,31,32). The number of rotatable bonds is 10. The van der Waals surface area contributed by atoms with E-state index >= 15 is 0 Å². The number of carboxylic acids is 1. The van der Waals surface area contributed by atoms with Crippen molar-refractivity contribution in [3.05, 3.63) is 59.7 Å². The van der Waals surface area contributed by atoms with Gasteiger partial charge in [0.15, 0.2) is 0 Å². The van der Waals surface area contributed by atoms with Crippen molar-refractivity contribution in [3.8, 4) is 11.1 Å². The van der Waals surface area contributed by atoms with Gasteiger partial charge in [-0.1, -0.05) is 61.9 Å². The molecule has 0 aromatic heterocycles. The molecule has 2 atom stereocenters. The first-order valence-electron chi connectivity index (χ1n) is 12.0. The Morgan fingerprint density at radius 3 is 2.18 bits per heavy atom. The Labute approximate surface area is 199 Å². The molecule has 2 aromatic rings. The lowest BCUT2D eigenvalue weighted by molar-refractivity contribution is -0.141. The van der Waals surface area contributed by atoms with Crippen molar-refractivity contribution in [1.29, 1.82) is 0 Å². The van der Waals surface area contributed by atoms with Crippen LogP contribution in [0.4, 0.5) is 4.79 Å². The van der Waals surface area contributed by atoms with Gasteiger partial charge in [0.2, 0.25) is 5.91 Å². The van der Waals surface area contributed by atoms with Gasteiger partial charge in [-0.15, -0.1) is 0 Å². The van der Waals surface area contributed by atoms with Gasteiger partial charge in [-0.25, -0.2) is 4.79 Å². The Bertz CT molecular complexity index is 1000. The zero-order chi connectivity index (χ0) is 24.1. The van der Waals surface area contributed by atoms with Crippen LogP contribution < -0.4 is 10.6 Å². The molecule has 0 radical (unpaired) electrons. The van der Waals surface area contributed by atoms with Crippen molar-refractivity contribution < 1.29 is 24.2 Å². The normalized spacial score (nSPS) is 16.5. The van der Waals surface area contributed by atoms with Gasteiger partial charge in [-0.3, -0.25) is 9.59 Å². The molecule has 0 heterocycles. The number of carboxylic acid groups (broad SMARTS) is 1. The number of nitrogens with one attached hydrogen (secondary N) is 2. The predicted octanol–water partition coefficient (Wildman–Crippen LogP) is 4.17. The summed E-state index contributed by atoms with van der Waals surface area (Å²) >= 11 is 0. The maximum Gasteiger partial charge on any atom is 0.407 e. The maximum absolute atomic E-state index is 12.7. The van der Waals surface area contributed by atoms with Gasteiger partial charge >= 0.3 is 12.1 Å². The van der Waals surface area contributed by atoms with Gasteiger partial charge in [-0.05, 0) is 47.4 Å². The van der Waals surface area contributed by atoms with Crippen LogP contribution in [0, 0.1) is 17.8 Å². The van der Waals surface area contributed by atoms with Crippen LogP contribution in [-0.2, 0) is 14.3 Å². The lowest BCUT2D eigenvalue weighted by Crippen LogP contribution is -2.45. The Morgan fingerprint density at radius 1 is 1.00 bits per heavy atom. The molecule has 7 heteroatoms. The summed E-state index contributed by atoms with van der Waals surface area (Å²) in [7, 11) is 0. The summed E-state index contributed by atoms with van der Waals surface area (Å²) in [5.74, 6) is -1.65. The number of aliphatic carboxylic acids is 1. The van der Waals surface area contributed by atoms with E-state index in [-0.39, 0.29) is 36.8 Å². The lowest BCUT2D eigenvalue weighted by Gasteiger charge is -2.33. The van der Waals surface area contributed by atoms with Crippen molar-refractivity contribution >= 4 is 18.0 Å². The number of amides is 2. The molecule has 3 N–H and O–H groups in total. The van der Waals surface area contributed by atoms with Crippen LogP contribution in [0.2, 0.25) is 0 Å². The van der Waals surface area contributed by atoms with E-state index < -0.39 is 18.0 Å². The number of benzene rings is 2. The van der Waals surface area contributed by atoms with Crippen molar-refractivity contribution in [3.63, 3.8) is 0 Å². The second-order valence-corrected chi connectivity index (χ2v) is 9.32. The summed E-state index contributed by atoms with van der Waals surface area (Å²) in [5, 5.41) is 14.6. The number of alkyl carbamates (subject to hydrolysis) is 1. The molecule has 34 heavy (non-hydrogen) atoms. The average molecular weight is 465 g/mol. The van der Waals surface area contributed by atoms with Crippen LogP contribution in [0.15, 0.2) is 48.5 Å². The summed E-state index contributed by atoms with van der Waals surface area (Å²) in [6.45, 7) is 2.37. The van der Waals surface area contributed by atoms with E-state index in [4.69, 9.17) is 9.84 Å². The molecule has 0 bridgehead atoms. The summed E-state index contributed by atoms with van der Waals surface area (Å²) in [4.78, 5) is 36.2. The van der Waals surface area contributed by atoms with Gasteiger partial charge in [0.1, 0.15) is 6.61 Å². The molecular weight excluding hydrogens is 432 g/mol. The number of fused-ring (bicyclic) bond motifs is 3. The minimum absolute atomic E-state index is 0.0138. The highest BCUT2D eigenvalue weighted by Gasteiger charge is 2.33. The third-order valence-corrected chi connectivity index (χ3v) is 7.16. The van der Waals surface area contributed by atoms with Crippen LogP contribution in [0.5, 0.6) is 0 Å². The zero-order valence-electron chi connectivity index (χ0n) is 19.5. The molecular formula is C27H32N2O5. The molecule has 2 aromatic carbocycles. The quantitative estimate of drug-likeness (QED) is 0.490. The van der Waals surface area contributed by atoms with Crippen molar-refractivity contribution in [2.75, 3.05) is 19.7 Å². The molecule has 0 aliphatic heterocycles. The van der Waals surface area contributed by atoms with E-state index in [2.05, 4.69) is 34.9 Å². The first kappa shape index (κ1) is 23.8. The molecule has 2 aliphatic carbocycles. The first-order chi connectivity index (χ1) is 16.5. The highest BCUT2D eigenvalue weighted by molar-refractivity contribution is 5.81. The van der Waals surface area contributed by atoms with Gasteiger partial charge in [0.05, 0.1) is 11.8 Å². The molecule has 2 amide bonds. The van der Waals surface area contributed by atoms with Crippen LogP contribution >= 0.6 is 0 Å². The van der Waals surface area contributed by atoms with E-state index in [0.29, 0.717) is 13.0 Å². The zero-order valence-corrected chi connectivity index (χ0v) is 19.5. The second-order valence-electron chi connectivity index (χ2n) is 9.32. The maximum atomic E-state index is 12.7. The van der Waals surface area contributed by atoms with E-state index in [1.165, 1.54) is 11.1 Å². The van der Waals surface area contributed by atoms with Crippen LogP contribution in [0.1, 0.15) is 49.7 Å². The minimum atomic E-state index is -0.873. The van der Waals surface area contributed by atoms with Gasteiger partial charge < -0.3 is 20.5 Å². The smallest absolute Gasteiger partial charge is 0.407 e. The molecule has 4 rings (SSSR count). The largest absolute Gasteiger partial charge is 0.481 e. The number of carbonyl (C=O) groups is 3. The fourth-order valence-corrected chi connectivity index (χ4v) is 4.82. The van der Waals surface area contributed by atoms with Crippen LogP contribution in [-0.4, -0.2) is 42.8 Å². The van der Waals surface area contributed by atoms with E-state index in [1.807, 2.05) is 24.3 Å². The highest BCUT2D eigenvalue weighted by Crippen LogP contribution is 2.44. The summed E-state index contributed by atoms with van der Waals surface area (Å²) in [6.07, 6.45) is 2.83. The molecule has 0 saturated heterocycles. The monoisotopic (exact) mass is 464 g/mol. The third-order valence-electron chi connectivity index (χ3n) is 7.16. The topological polar surface area (TPSA) is 105 Å². The van der Waals surface area contributed by atoms with Gasteiger partial charge in [0.25, 0.3) is 0 Å². The third kappa shape index (κ3) is 5.24. The minimum Gasteiger partial charge on any atom is -0.481 e. The van der Waals surface area contributed by atoms with E-state index in [9.17, 15) is 14.4 Å². The SMILES string of the molecule is CC(CCNC(=O)C(CNC(=O)OCC1c2ccccc2-c2ccccc21)C1CCC1)C(=O)O. The summed E-state index contributed by atoms with van der Waals surface area (Å²) in [5.41, 5.74) is 4.65. The Hall–Kier alpha value is -3.35. The Balaban J connectivity index is 1.30. The Kier molecular flexibility index (Phi) is 7.50. The summed E-state index contributed by atoms with van der Waals surface area (Å²) in [6, 6.07) is 16.3. The number of ether oxygens (including phenoxy) is 1. The second kappa shape index (κ2) is 10.7. The first-order valence-corrected chi connectivity index (χ1v) is 12.0. The van der Waals surface area contributed by atoms with Gasteiger partial charge in [-0.2, -0.15) is 0 Å². The Morgan fingerprint density at radius 2 is 1.62 bits per heavy atom. The molecule has 1 saturated carbocycles.